The molecule has 0 bridgehead atoms. The predicted octanol–water partition coefficient (Wildman–Crippen LogP) is 3.38. The van der Waals surface area contributed by atoms with Crippen LogP contribution in [0.4, 0.5) is 0 Å². The molecule has 1 aromatic heterocycles. The lowest BCUT2D eigenvalue weighted by Crippen LogP contribution is -2.34. The van der Waals surface area contributed by atoms with Crippen LogP contribution in [-0.2, 0) is 25.7 Å². The molecule has 6 nitrogen and oxygen atoms in total. The van der Waals surface area contributed by atoms with E-state index in [0.29, 0.717) is 5.56 Å². The Hall–Kier alpha value is -2.77. The van der Waals surface area contributed by atoms with Crippen molar-refractivity contribution >= 4 is 33.4 Å². The Morgan fingerprint density at radius 2 is 1.86 bits per heavy atom. The zero-order valence-corrected chi connectivity index (χ0v) is 16.0. The zero-order chi connectivity index (χ0) is 19.3. The molecule has 1 amide bonds. The van der Waals surface area contributed by atoms with Gasteiger partial charge in [-0.15, -0.1) is 11.3 Å². The lowest BCUT2D eigenvalue weighted by Gasteiger charge is -2.18. The maximum absolute atomic E-state index is 12.5. The van der Waals surface area contributed by atoms with Crippen LogP contribution >= 0.6 is 11.3 Å². The van der Waals surface area contributed by atoms with Gasteiger partial charge in [-0.1, -0.05) is 42.5 Å². The van der Waals surface area contributed by atoms with Crippen LogP contribution in [0.1, 0.15) is 29.5 Å². The van der Waals surface area contributed by atoms with Crippen LogP contribution in [0.5, 0.6) is 0 Å². The van der Waals surface area contributed by atoms with E-state index < -0.39 is 12.1 Å². The van der Waals surface area contributed by atoms with Gasteiger partial charge in [-0.3, -0.25) is 4.79 Å². The predicted molar refractivity (Wildman–Crippen MR) is 106 cm³/mol. The summed E-state index contributed by atoms with van der Waals surface area (Å²) in [6, 6.07) is 17.0. The van der Waals surface area contributed by atoms with Crippen molar-refractivity contribution < 1.29 is 19.1 Å². The summed E-state index contributed by atoms with van der Waals surface area (Å²) in [4.78, 5) is 29.2. The normalized spacial score (nSPS) is 14.6. The number of esters is 1. The first-order chi connectivity index (χ1) is 13.7. The Balaban J connectivity index is 1.33. The van der Waals surface area contributed by atoms with Crippen molar-refractivity contribution in [3.63, 3.8) is 0 Å². The summed E-state index contributed by atoms with van der Waals surface area (Å²) in [5, 5.41) is 3.68. The van der Waals surface area contributed by atoms with Gasteiger partial charge in [0.1, 0.15) is 11.6 Å². The number of hydrogen-bond acceptors (Lipinski definition) is 6. The molecule has 3 aromatic rings. The van der Waals surface area contributed by atoms with Crippen molar-refractivity contribution in [1.82, 2.24) is 10.3 Å². The molecule has 1 saturated carbocycles. The fourth-order valence-electron chi connectivity index (χ4n) is 2.77. The van der Waals surface area contributed by atoms with E-state index in [0.717, 1.165) is 28.1 Å². The fourth-order valence-corrected chi connectivity index (χ4v) is 3.68. The van der Waals surface area contributed by atoms with Crippen LogP contribution in [0.3, 0.4) is 0 Å². The highest BCUT2D eigenvalue weighted by molar-refractivity contribution is 7.18. The number of thiazole rings is 1. The Morgan fingerprint density at radius 3 is 2.61 bits per heavy atom. The van der Waals surface area contributed by atoms with Crippen LogP contribution in [0.2, 0.25) is 0 Å². The number of fused-ring (bicyclic) bond motifs is 1. The molecule has 28 heavy (non-hydrogen) atoms. The Kier molecular flexibility index (Phi) is 5.64. The van der Waals surface area contributed by atoms with Crippen molar-refractivity contribution in [2.75, 3.05) is 6.61 Å². The van der Waals surface area contributed by atoms with Crippen molar-refractivity contribution in [2.45, 2.75) is 31.6 Å². The average Bonchev–Trinajstić information content (AvgIpc) is 3.42. The van der Waals surface area contributed by atoms with Crippen LogP contribution < -0.4 is 5.32 Å². The van der Waals surface area contributed by atoms with Crippen molar-refractivity contribution in [3.05, 3.63) is 65.2 Å². The second-order valence-corrected chi connectivity index (χ2v) is 7.75. The van der Waals surface area contributed by atoms with Gasteiger partial charge >= 0.3 is 5.97 Å². The standard InChI is InChI=1S/C21H20N2O4S/c24-19(13-26-12-18-23-16-8-4-5-9-17(16)28-18)27-20(14-6-2-1-3-7-14)21(25)22-15-10-11-15/h1-9,15,20H,10-13H2,(H,22,25)/t20-/m1/s1. The third-order valence-electron chi connectivity index (χ3n) is 4.30. The van der Waals surface area contributed by atoms with Crippen molar-refractivity contribution in [3.8, 4) is 0 Å². The molecule has 2 aromatic carbocycles. The van der Waals surface area contributed by atoms with Crippen LogP contribution in [0.25, 0.3) is 10.2 Å². The summed E-state index contributed by atoms with van der Waals surface area (Å²) >= 11 is 1.53. The summed E-state index contributed by atoms with van der Waals surface area (Å²) in [5.41, 5.74) is 1.55. The van der Waals surface area contributed by atoms with E-state index in [1.54, 1.807) is 12.1 Å². The van der Waals surface area contributed by atoms with Crippen LogP contribution in [-0.4, -0.2) is 29.5 Å². The molecule has 1 heterocycles. The molecule has 4 rings (SSSR count). The highest BCUT2D eigenvalue weighted by atomic mass is 32.1. The zero-order valence-electron chi connectivity index (χ0n) is 15.2. The first-order valence-electron chi connectivity index (χ1n) is 9.16. The maximum Gasteiger partial charge on any atom is 0.333 e. The third kappa shape index (κ3) is 4.74. The van der Waals surface area contributed by atoms with Gasteiger partial charge in [0.05, 0.1) is 16.8 Å². The van der Waals surface area contributed by atoms with Crippen LogP contribution in [0.15, 0.2) is 54.6 Å². The number of nitrogens with one attached hydrogen (secondary N) is 1. The number of hydrogen-bond donors (Lipinski definition) is 1. The summed E-state index contributed by atoms with van der Waals surface area (Å²) < 4.78 is 12.0. The first-order valence-corrected chi connectivity index (χ1v) is 9.98. The largest absolute Gasteiger partial charge is 0.446 e. The topological polar surface area (TPSA) is 77.5 Å². The number of benzene rings is 2. The summed E-state index contributed by atoms with van der Waals surface area (Å²) in [5.74, 6) is -0.880. The van der Waals surface area contributed by atoms with Crippen molar-refractivity contribution in [1.29, 1.82) is 0 Å². The summed E-state index contributed by atoms with van der Waals surface area (Å²) in [6.45, 7) is -0.0192. The number of carbonyl (C=O) groups is 2. The summed E-state index contributed by atoms with van der Waals surface area (Å²) in [7, 11) is 0. The molecule has 7 heteroatoms. The molecule has 0 spiro atoms. The van der Waals surface area contributed by atoms with Gasteiger partial charge in [-0.2, -0.15) is 0 Å². The molecule has 0 aliphatic heterocycles. The molecule has 0 unspecified atom stereocenters. The van der Waals surface area contributed by atoms with Gasteiger partial charge < -0.3 is 14.8 Å². The van der Waals surface area contributed by atoms with Gasteiger partial charge in [0.2, 0.25) is 6.10 Å². The van der Waals surface area contributed by atoms with Gasteiger partial charge in [0, 0.05) is 11.6 Å². The Labute approximate surface area is 166 Å². The van der Waals surface area contributed by atoms with E-state index in [4.69, 9.17) is 9.47 Å². The quantitative estimate of drug-likeness (QED) is 0.591. The number of amides is 1. The molecule has 1 N–H and O–H groups in total. The maximum atomic E-state index is 12.5. The van der Waals surface area contributed by atoms with E-state index in [1.807, 2.05) is 42.5 Å². The number of nitrogens with zero attached hydrogens (tertiary/aromatic N) is 1. The number of rotatable bonds is 8. The molecular weight excluding hydrogens is 376 g/mol. The molecular formula is C21H20N2O4S. The monoisotopic (exact) mass is 396 g/mol. The lowest BCUT2D eigenvalue weighted by atomic mass is 10.1. The van der Waals surface area contributed by atoms with Gasteiger partial charge in [0.25, 0.3) is 5.91 Å². The third-order valence-corrected chi connectivity index (χ3v) is 5.31. The van der Waals surface area contributed by atoms with Crippen LogP contribution in [0, 0.1) is 0 Å². The minimum atomic E-state index is -0.972. The molecule has 1 atom stereocenters. The van der Waals surface area contributed by atoms with Gasteiger partial charge in [-0.25, -0.2) is 9.78 Å². The minimum absolute atomic E-state index is 0.188. The van der Waals surface area contributed by atoms with E-state index >= 15 is 0 Å². The molecule has 1 aliphatic rings. The number of carbonyl (C=O) groups excluding carboxylic acids is 2. The molecule has 0 saturated heterocycles. The second kappa shape index (κ2) is 8.50. The Morgan fingerprint density at radius 1 is 1.11 bits per heavy atom. The molecule has 1 fully saturated rings. The van der Waals surface area contributed by atoms with Crippen molar-refractivity contribution in [2.24, 2.45) is 0 Å². The smallest absolute Gasteiger partial charge is 0.333 e. The van der Waals surface area contributed by atoms with E-state index in [-0.39, 0.29) is 25.2 Å². The van der Waals surface area contributed by atoms with Gasteiger partial charge in [-0.05, 0) is 25.0 Å². The highest BCUT2D eigenvalue weighted by Gasteiger charge is 2.30. The highest BCUT2D eigenvalue weighted by Crippen LogP contribution is 2.24. The van der Waals surface area contributed by atoms with E-state index in [2.05, 4.69) is 10.3 Å². The molecule has 144 valence electrons. The van der Waals surface area contributed by atoms with E-state index in [1.165, 1.54) is 11.3 Å². The number of aromatic nitrogens is 1. The number of para-hydroxylation sites is 1. The fraction of sp³-hybridized carbons (Fsp3) is 0.286. The minimum Gasteiger partial charge on any atom is -0.446 e. The number of ether oxygens (including phenoxy) is 2. The molecule has 0 radical (unpaired) electrons. The lowest BCUT2D eigenvalue weighted by molar-refractivity contribution is -0.161. The average molecular weight is 396 g/mol. The van der Waals surface area contributed by atoms with E-state index in [9.17, 15) is 9.59 Å². The second-order valence-electron chi connectivity index (χ2n) is 6.63. The first kappa shape index (κ1) is 18.6. The van der Waals surface area contributed by atoms with Gasteiger partial charge in [0.15, 0.2) is 0 Å². The Bertz CT molecular complexity index is 936. The SMILES string of the molecule is O=C(COCc1nc2ccccc2s1)O[C@@H](C(=O)NC1CC1)c1ccccc1. The summed E-state index contributed by atoms with van der Waals surface area (Å²) in [6.07, 6.45) is 0.958. The molecule has 1 aliphatic carbocycles.